The molecule has 5 nitrogen and oxygen atoms in total. The maximum atomic E-state index is 13.8. The third-order valence-electron chi connectivity index (χ3n) is 7.91. The summed E-state index contributed by atoms with van der Waals surface area (Å²) in [5, 5.41) is 8.06. The molecule has 2 aromatic rings. The SMILES string of the molecule is O=C(NN1CC2CCCC2C1)c1c2c(nn1-c1ccc(Cl)cc1Cl)C(CC1=CCC(F)C=C1)CSC2. The molecule has 1 saturated carbocycles. The van der Waals surface area contributed by atoms with Gasteiger partial charge in [0.2, 0.25) is 0 Å². The van der Waals surface area contributed by atoms with E-state index in [0.717, 1.165) is 42.1 Å². The molecule has 9 heteroatoms. The van der Waals surface area contributed by atoms with Gasteiger partial charge in [-0.15, -0.1) is 0 Å². The predicted octanol–water partition coefficient (Wildman–Crippen LogP) is 6.50. The summed E-state index contributed by atoms with van der Waals surface area (Å²) in [7, 11) is 0. The van der Waals surface area contributed by atoms with Crippen LogP contribution < -0.4 is 5.43 Å². The van der Waals surface area contributed by atoms with E-state index in [9.17, 15) is 9.18 Å². The highest BCUT2D eigenvalue weighted by Gasteiger charge is 2.38. The summed E-state index contributed by atoms with van der Waals surface area (Å²) in [4.78, 5) is 13.8. The lowest BCUT2D eigenvalue weighted by molar-refractivity contribution is 0.0805. The van der Waals surface area contributed by atoms with Crippen molar-refractivity contribution in [1.82, 2.24) is 20.2 Å². The molecule has 0 spiro atoms. The smallest absolute Gasteiger partial charge is 0.283 e. The largest absolute Gasteiger partial charge is 0.284 e. The lowest BCUT2D eigenvalue weighted by Gasteiger charge is -2.23. The molecule has 2 aliphatic carbocycles. The number of hydrogen-bond acceptors (Lipinski definition) is 4. The summed E-state index contributed by atoms with van der Waals surface area (Å²) in [6.45, 7) is 1.81. The van der Waals surface area contributed by atoms with E-state index in [0.29, 0.717) is 45.4 Å². The molecule has 4 aliphatic rings. The summed E-state index contributed by atoms with van der Waals surface area (Å²) >= 11 is 14.6. The van der Waals surface area contributed by atoms with Crippen molar-refractivity contribution < 1.29 is 9.18 Å². The van der Waals surface area contributed by atoms with E-state index >= 15 is 0 Å². The number of nitrogens with one attached hydrogen (secondary N) is 1. The molecule has 2 aliphatic heterocycles. The Kier molecular flexibility index (Phi) is 6.93. The Bertz CT molecular complexity index is 1230. The van der Waals surface area contributed by atoms with Gasteiger partial charge in [0.15, 0.2) is 0 Å². The van der Waals surface area contributed by atoms with Crippen LogP contribution in [0.5, 0.6) is 0 Å². The topological polar surface area (TPSA) is 50.2 Å². The second-order valence-electron chi connectivity index (χ2n) is 10.3. The fraction of sp³-hybridized carbons (Fsp3) is 0.481. The van der Waals surface area contributed by atoms with Crippen LogP contribution in [-0.2, 0) is 5.75 Å². The van der Waals surface area contributed by atoms with Gasteiger partial charge in [0.25, 0.3) is 5.91 Å². The molecular formula is C27H29Cl2FN4OS. The van der Waals surface area contributed by atoms with Gasteiger partial charge in [-0.1, -0.05) is 53.4 Å². The van der Waals surface area contributed by atoms with Crippen LogP contribution in [0.15, 0.2) is 42.0 Å². The van der Waals surface area contributed by atoms with Crippen molar-refractivity contribution in [3.05, 3.63) is 69.0 Å². The molecule has 1 saturated heterocycles. The molecule has 0 bridgehead atoms. The highest BCUT2D eigenvalue weighted by molar-refractivity contribution is 7.98. The molecule has 4 unspecified atom stereocenters. The number of rotatable bonds is 5. The van der Waals surface area contributed by atoms with E-state index in [2.05, 4.69) is 10.4 Å². The van der Waals surface area contributed by atoms with Crippen molar-refractivity contribution in [3.8, 4) is 5.69 Å². The summed E-state index contributed by atoms with van der Waals surface area (Å²) in [5.74, 6) is 2.96. The van der Waals surface area contributed by atoms with E-state index in [1.54, 1.807) is 22.9 Å². The van der Waals surface area contributed by atoms with Crippen molar-refractivity contribution in [2.75, 3.05) is 18.8 Å². The Morgan fingerprint density at radius 2 is 2.03 bits per heavy atom. The zero-order chi connectivity index (χ0) is 24.8. The van der Waals surface area contributed by atoms with Crippen LogP contribution in [0.2, 0.25) is 10.0 Å². The van der Waals surface area contributed by atoms with Crippen molar-refractivity contribution in [2.24, 2.45) is 11.8 Å². The van der Waals surface area contributed by atoms with Gasteiger partial charge in [0.05, 0.1) is 16.4 Å². The third-order valence-corrected chi connectivity index (χ3v) is 9.58. The van der Waals surface area contributed by atoms with Crippen LogP contribution in [0.1, 0.15) is 59.8 Å². The number of aromatic nitrogens is 2. The number of nitrogens with zero attached hydrogens (tertiary/aromatic N) is 3. The molecule has 1 aromatic heterocycles. The molecule has 2 fully saturated rings. The van der Waals surface area contributed by atoms with Crippen molar-refractivity contribution >= 4 is 40.9 Å². The van der Waals surface area contributed by atoms with E-state index < -0.39 is 6.17 Å². The average molecular weight is 548 g/mol. The highest BCUT2D eigenvalue weighted by atomic mass is 35.5. The first kappa shape index (κ1) is 24.5. The van der Waals surface area contributed by atoms with Crippen LogP contribution in [-0.4, -0.2) is 45.7 Å². The van der Waals surface area contributed by atoms with Crippen LogP contribution in [0.25, 0.3) is 5.69 Å². The molecule has 1 amide bonds. The Hall–Kier alpha value is -1.80. The molecule has 190 valence electrons. The number of halogens is 3. The number of carbonyl (C=O) groups excluding carboxylic acids is 1. The van der Waals surface area contributed by atoms with Crippen LogP contribution in [0, 0.1) is 11.8 Å². The first-order chi connectivity index (χ1) is 17.5. The van der Waals surface area contributed by atoms with Gasteiger partial charge in [0, 0.05) is 47.5 Å². The van der Waals surface area contributed by atoms with E-state index in [1.807, 2.05) is 30.0 Å². The lowest BCUT2D eigenvalue weighted by Crippen LogP contribution is -2.42. The maximum Gasteiger partial charge on any atom is 0.284 e. The van der Waals surface area contributed by atoms with Gasteiger partial charge >= 0.3 is 0 Å². The number of carbonyl (C=O) groups is 1. The quantitative estimate of drug-likeness (QED) is 0.464. The minimum atomic E-state index is -0.906. The number of allylic oxidation sites excluding steroid dienone is 4. The number of alkyl halides is 1. The zero-order valence-electron chi connectivity index (χ0n) is 19.9. The fourth-order valence-corrected chi connectivity index (χ4v) is 7.79. The first-order valence-electron chi connectivity index (χ1n) is 12.7. The molecule has 4 atom stereocenters. The summed E-state index contributed by atoms with van der Waals surface area (Å²) in [5.41, 5.74) is 7.39. The normalized spacial score (nSPS) is 27.6. The molecule has 1 aromatic carbocycles. The second-order valence-corrected chi connectivity index (χ2v) is 12.2. The first-order valence-corrected chi connectivity index (χ1v) is 14.6. The van der Waals surface area contributed by atoms with Gasteiger partial charge in [0.1, 0.15) is 11.9 Å². The van der Waals surface area contributed by atoms with Gasteiger partial charge < -0.3 is 0 Å². The zero-order valence-corrected chi connectivity index (χ0v) is 22.3. The Balaban J connectivity index is 1.35. The summed E-state index contributed by atoms with van der Waals surface area (Å²) in [6, 6.07) is 5.26. The van der Waals surface area contributed by atoms with Gasteiger partial charge in [-0.05, 0) is 49.3 Å². The van der Waals surface area contributed by atoms with Crippen molar-refractivity contribution in [3.63, 3.8) is 0 Å². The fourth-order valence-electron chi connectivity index (χ4n) is 6.13. The van der Waals surface area contributed by atoms with Gasteiger partial charge in [-0.3, -0.25) is 10.2 Å². The number of amides is 1. The highest BCUT2D eigenvalue weighted by Crippen LogP contribution is 2.41. The van der Waals surface area contributed by atoms with E-state index in [-0.39, 0.29) is 11.8 Å². The molecule has 36 heavy (non-hydrogen) atoms. The Morgan fingerprint density at radius 3 is 2.75 bits per heavy atom. The van der Waals surface area contributed by atoms with Gasteiger partial charge in [-0.25, -0.2) is 14.1 Å². The predicted molar refractivity (Wildman–Crippen MR) is 144 cm³/mol. The van der Waals surface area contributed by atoms with Crippen LogP contribution >= 0.6 is 35.0 Å². The number of hydrogen-bond donors (Lipinski definition) is 1. The Morgan fingerprint density at radius 1 is 1.22 bits per heavy atom. The van der Waals surface area contributed by atoms with Crippen molar-refractivity contribution in [1.29, 1.82) is 0 Å². The molecule has 3 heterocycles. The van der Waals surface area contributed by atoms with Crippen molar-refractivity contribution in [2.45, 2.75) is 49.9 Å². The molecule has 0 radical (unpaired) electrons. The second kappa shape index (κ2) is 10.2. The van der Waals surface area contributed by atoms with Gasteiger partial charge in [-0.2, -0.15) is 16.9 Å². The number of thioether (sulfide) groups is 1. The van der Waals surface area contributed by atoms with E-state index in [4.69, 9.17) is 28.3 Å². The van der Waals surface area contributed by atoms with E-state index in [1.165, 1.54) is 19.3 Å². The monoisotopic (exact) mass is 546 g/mol. The average Bonchev–Trinajstić information content (AvgIpc) is 3.54. The van der Waals surface area contributed by atoms with Crippen LogP contribution in [0.4, 0.5) is 4.39 Å². The van der Waals surface area contributed by atoms with Crippen LogP contribution in [0.3, 0.4) is 0 Å². The number of benzene rings is 1. The minimum absolute atomic E-state index is 0.135. The molecule has 6 rings (SSSR count). The maximum absolute atomic E-state index is 13.8. The molecule has 1 N–H and O–H groups in total. The Labute approximate surface area is 225 Å². The minimum Gasteiger partial charge on any atom is -0.283 e. The molecular weight excluding hydrogens is 518 g/mol. The lowest BCUT2D eigenvalue weighted by atomic mass is 9.92. The number of fused-ring (bicyclic) bond motifs is 2. The summed E-state index contributed by atoms with van der Waals surface area (Å²) in [6.07, 6.45) is 9.56. The summed E-state index contributed by atoms with van der Waals surface area (Å²) < 4.78 is 15.3. The third kappa shape index (κ3) is 4.75. The number of hydrazine groups is 1. The standard InChI is InChI=1S/C27H29Cl2FN4OS/c28-20-6-9-24(23(29)11-20)34-26(27(35)32-33-12-17-2-1-3-18(17)13-33)22-15-36-14-19(25(22)31-34)10-16-4-7-21(30)8-5-16/h4-7,9,11,17-19,21H,1-3,8,10,12-15H2,(H,32,35).